The van der Waals surface area contributed by atoms with Crippen molar-refractivity contribution in [2.75, 3.05) is 7.11 Å². The van der Waals surface area contributed by atoms with Crippen LogP contribution in [0.15, 0.2) is 54.1 Å². The summed E-state index contributed by atoms with van der Waals surface area (Å²) in [5, 5.41) is 9.14. The van der Waals surface area contributed by atoms with Crippen LogP contribution >= 0.6 is 0 Å². The smallest absolute Gasteiger partial charge is 0.203 e. The van der Waals surface area contributed by atoms with E-state index in [1.807, 2.05) is 6.07 Å². The highest BCUT2D eigenvalue weighted by atomic mass is 19.1. The van der Waals surface area contributed by atoms with E-state index in [0.717, 1.165) is 0 Å². The molecule has 3 nitrogen and oxygen atoms in total. The Labute approximate surface area is 121 Å². The Kier molecular flexibility index (Phi) is 4.47. The Morgan fingerprint density at radius 2 is 1.76 bits per heavy atom. The molecule has 0 aromatic heterocycles. The van der Waals surface area contributed by atoms with Gasteiger partial charge in [0.15, 0.2) is 0 Å². The predicted molar refractivity (Wildman–Crippen MR) is 77.3 cm³/mol. The lowest BCUT2D eigenvalue weighted by molar-refractivity contribution is 0.104. The monoisotopic (exact) mass is 281 g/mol. The summed E-state index contributed by atoms with van der Waals surface area (Å²) < 4.78 is 17.9. The number of hydrogen-bond donors (Lipinski definition) is 0. The molecular formula is C17H12FNO2. The second-order valence-corrected chi connectivity index (χ2v) is 4.28. The second-order valence-electron chi connectivity index (χ2n) is 4.28. The van der Waals surface area contributed by atoms with Gasteiger partial charge >= 0.3 is 0 Å². The van der Waals surface area contributed by atoms with Crippen LogP contribution in [0.5, 0.6) is 5.75 Å². The molecule has 0 atom stereocenters. The maximum absolute atomic E-state index is 12.8. The van der Waals surface area contributed by atoms with Gasteiger partial charge in [0.05, 0.1) is 7.11 Å². The number of hydrogen-bond acceptors (Lipinski definition) is 3. The molecule has 0 aliphatic rings. The van der Waals surface area contributed by atoms with Crippen molar-refractivity contribution in [3.8, 4) is 11.8 Å². The first-order chi connectivity index (χ1) is 10.1. The highest BCUT2D eigenvalue weighted by molar-refractivity contribution is 6.14. The molecule has 0 unspecified atom stereocenters. The molecule has 0 heterocycles. The molecule has 0 bridgehead atoms. The summed E-state index contributed by atoms with van der Waals surface area (Å²) in [6.07, 6.45) is 1.44. The highest BCUT2D eigenvalue weighted by Gasteiger charge is 2.12. The van der Waals surface area contributed by atoms with Gasteiger partial charge in [0, 0.05) is 5.56 Å². The van der Waals surface area contributed by atoms with Gasteiger partial charge in [0.25, 0.3) is 0 Å². The molecule has 104 valence electrons. The summed E-state index contributed by atoms with van der Waals surface area (Å²) >= 11 is 0. The van der Waals surface area contributed by atoms with Gasteiger partial charge in [-0.05, 0) is 48.0 Å². The molecule has 0 saturated carbocycles. The lowest BCUT2D eigenvalue weighted by Gasteiger charge is -2.02. The topological polar surface area (TPSA) is 50.1 Å². The van der Waals surface area contributed by atoms with Crippen LogP contribution in [0.25, 0.3) is 6.08 Å². The van der Waals surface area contributed by atoms with Crippen LogP contribution in [-0.4, -0.2) is 12.9 Å². The first kappa shape index (κ1) is 14.5. The number of ketones is 1. The van der Waals surface area contributed by atoms with E-state index >= 15 is 0 Å². The Morgan fingerprint density at radius 1 is 1.14 bits per heavy atom. The van der Waals surface area contributed by atoms with Crippen LogP contribution in [0, 0.1) is 17.1 Å². The van der Waals surface area contributed by atoms with E-state index < -0.39 is 0 Å². The molecule has 0 saturated heterocycles. The van der Waals surface area contributed by atoms with Gasteiger partial charge in [0.2, 0.25) is 5.78 Å². The minimum Gasteiger partial charge on any atom is -0.497 e. The molecule has 0 fully saturated rings. The standard InChI is InChI=1S/C17H12FNO2/c1-21-16-8-4-13(5-9-16)17(20)14(11-19)10-12-2-6-15(18)7-3-12/h2-10H,1H3/b14-10-. The van der Waals surface area contributed by atoms with Crippen molar-refractivity contribution in [1.82, 2.24) is 0 Å². The zero-order chi connectivity index (χ0) is 15.2. The van der Waals surface area contributed by atoms with E-state index in [-0.39, 0.29) is 17.2 Å². The van der Waals surface area contributed by atoms with Crippen LogP contribution in [0.4, 0.5) is 4.39 Å². The fraction of sp³-hybridized carbons (Fsp3) is 0.0588. The Morgan fingerprint density at radius 3 is 2.29 bits per heavy atom. The lowest BCUT2D eigenvalue weighted by atomic mass is 10.0. The number of rotatable bonds is 4. The van der Waals surface area contributed by atoms with Gasteiger partial charge < -0.3 is 4.74 Å². The van der Waals surface area contributed by atoms with E-state index in [4.69, 9.17) is 10.00 Å². The average molecular weight is 281 g/mol. The van der Waals surface area contributed by atoms with Crippen molar-refractivity contribution in [3.05, 3.63) is 71.0 Å². The first-order valence-corrected chi connectivity index (χ1v) is 6.20. The largest absolute Gasteiger partial charge is 0.497 e. The van der Waals surface area contributed by atoms with Crippen molar-refractivity contribution in [2.45, 2.75) is 0 Å². The summed E-state index contributed by atoms with van der Waals surface area (Å²) in [6.45, 7) is 0. The molecule has 0 radical (unpaired) electrons. The van der Waals surface area contributed by atoms with E-state index in [1.54, 1.807) is 24.3 Å². The van der Waals surface area contributed by atoms with Crippen molar-refractivity contribution < 1.29 is 13.9 Å². The molecule has 0 spiro atoms. The van der Waals surface area contributed by atoms with Gasteiger partial charge in [-0.1, -0.05) is 12.1 Å². The average Bonchev–Trinajstić information content (AvgIpc) is 2.54. The molecule has 2 aromatic carbocycles. The minimum absolute atomic E-state index is 0.00762. The fourth-order valence-corrected chi connectivity index (χ4v) is 1.77. The van der Waals surface area contributed by atoms with Crippen molar-refractivity contribution in [2.24, 2.45) is 0 Å². The van der Waals surface area contributed by atoms with Crippen molar-refractivity contribution in [1.29, 1.82) is 5.26 Å². The molecule has 2 aromatic rings. The first-order valence-electron chi connectivity index (χ1n) is 6.20. The van der Waals surface area contributed by atoms with Gasteiger partial charge in [-0.3, -0.25) is 4.79 Å². The number of allylic oxidation sites excluding steroid dienone is 1. The van der Waals surface area contributed by atoms with E-state index in [0.29, 0.717) is 16.9 Å². The van der Waals surface area contributed by atoms with E-state index in [2.05, 4.69) is 0 Å². The highest BCUT2D eigenvalue weighted by Crippen LogP contribution is 2.16. The Hall–Kier alpha value is -2.93. The van der Waals surface area contributed by atoms with Gasteiger partial charge in [-0.15, -0.1) is 0 Å². The lowest BCUT2D eigenvalue weighted by Crippen LogP contribution is -2.01. The molecule has 0 aliphatic carbocycles. The number of benzene rings is 2. The van der Waals surface area contributed by atoms with Crippen molar-refractivity contribution >= 4 is 11.9 Å². The molecule has 2 rings (SSSR count). The zero-order valence-corrected chi connectivity index (χ0v) is 11.3. The number of halogens is 1. The second kappa shape index (κ2) is 6.49. The van der Waals surface area contributed by atoms with E-state index in [1.165, 1.54) is 37.5 Å². The van der Waals surface area contributed by atoms with Crippen molar-refractivity contribution in [3.63, 3.8) is 0 Å². The molecule has 4 heteroatoms. The summed E-state index contributed by atoms with van der Waals surface area (Å²) in [4.78, 5) is 12.2. The number of nitriles is 1. The zero-order valence-electron chi connectivity index (χ0n) is 11.3. The van der Waals surface area contributed by atoms with Crippen LogP contribution < -0.4 is 4.74 Å². The third kappa shape index (κ3) is 3.54. The van der Waals surface area contributed by atoms with Gasteiger partial charge in [-0.2, -0.15) is 5.26 Å². The number of ether oxygens (including phenoxy) is 1. The summed E-state index contributed by atoms with van der Waals surface area (Å²) in [7, 11) is 1.53. The SMILES string of the molecule is COc1ccc(C(=O)/C(C#N)=C\c2ccc(F)cc2)cc1. The summed E-state index contributed by atoms with van der Waals surface area (Å²) in [5.41, 5.74) is 0.979. The molecule has 0 aliphatic heterocycles. The maximum atomic E-state index is 12.8. The Bertz CT molecular complexity index is 710. The number of nitrogens with zero attached hydrogens (tertiary/aromatic N) is 1. The maximum Gasteiger partial charge on any atom is 0.203 e. The molecule has 21 heavy (non-hydrogen) atoms. The van der Waals surface area contributed by atoms with Crippen LogP contribution in [0.3, 0.4) is 0 Å². The third-order valence-electron chi connectivity index (χ3n) is 2.90. The number of methoxy groups -OCH3 is 1. The van der Waals surface area contributed by atoms with E-state index in [9.17, 15) is 9.18 Å². The van der Waals surface area contributed by atoms with Crippen LogP contribution in [-0.2, 0) is 0 Å². The molecular weight excluding hydrogens is 269 g/mol. The summed E-state index contributed by atoms with van der Waals surface area (Å²) in [5.74, 6) is -0.121. The number of Topliss-reactive ketones (excluding diaryl/α,β-unsaturated/α-hetero) is 1. The van der Waals surface area contributed by atoms with Gasteiger partial charge in [0.1, 0.15) is 23.2 Å². The minimum atomic E-state index is -0.385. The van der Waals surface area contributed by atoms with Crippen LogP contribution in [0.2, 0.25) is 0 Å². The predicted octanol–water partition coefficient (Wildman–Crippen LogP) is 3.62. The quantitative estimate of drug-likeness (QED) is 0.488. The third-order valence-corrected chi connectivity index (χ3v) is 2.90. The fourth-order valence-electron chi connectivity index (χ4n) is 1.77. The molecule has 0 amide bonds. The molecule has 0 N–H and O–H groups in total. The van der Waals surface area contributed by atoms with Gasteiger partial charge in [-0.25, -0.2) is 4.39 Å². The normalized spacial score (nSPS) is 10.8. The van der Waals surface area contributed by atoms with Crippen LogP contribution in [0.1, 0.15) is 15.9 Å². The Balaban J connectivity index is 2.29. The number of carbonyl (C=O) groups excluding carboxylic acids is 1. The number of carbonyl (C=O) groups is 1. The summed E-state index contributed by atoms with van der Waals surface area (Å²) in [6, 6.07) is 13.9.